The standard InChI is InChI=1S/C14H22O3/c1-11-9-12(17-10-11)7-5-6-8-16-13(15)14(2,3)4/h9-10H,5-8H2,1-4H3. The average molecular weight is 238 g/mol. The Hall–Kier alpha value is -1.25. The summed E-state index contributed by atoms with van der Waals surface area (Å²) in [5, 5.41) is 0. The van der Waals surface area contributed by atoms with Gasteiger partial charge >= 0.3 is 5.97 Å². The van der Waals surface area contributed by atoms with Gasteiger partial charge in [-0.25, -0.2) is 0 Å². The van der Waals surface area contributed by atoms with E-state index < -0.39 is 5.41 Å². The van der Waals surface area contributed by atoms with Crippen LogP contribution in [-0.2, 0) is 16.0 Å². The molecule has 0 bridgehead atoms. The van der Waals surface area contributed by atoms with Gasteiger partial charge in [0.15, 0.2) is 0 Å². The highest BCUT2D eigenvalue weighted by atomic mass is 16.5. The number of rotatable bonds is 5. The van der Waals surface area contributed by atoms with E-state index in [1.54, 1.807) is 6.26 Å². The lowest BCUT2D eigenvalue weighted by Crippen LogP contribution is -2.23. The number of hydrogen-bond acceptors (Lipinski definition) is 3. The van der Waals surface area contributed by atoms with Crippen LogP contribution in [0.25, 0.3) is 0 Å². The maximum atomic E-state index is 11.5. The zero-order chi connectivity index (χ0) is 12.9. The van der Waals surface area contributed by atoms with Crippen LogP contribution in [0.2, 0.25) is 0 Å². The molecule has 3 heteroatoms. The van der Waals surface area contributed by atoms with E-state index in [9.17, 15) is 4.79 Å². The molecule has 0 amide bonds. The highest BCUT2D eigenvalue weighted by Crippen LogP contribution is 2.15. The second-order valence-corrected chi connectivity index (χ2v) is 5.43. The number of aryl methyl sites for hydroxylation is 2. The fourth-order valence-electron chi connectivity index (χ4n) is 1.40. The number of hydrogen-bond donors (Lipinski definition) is 0. The van der Waals surface area contributed by atoms with Gasteiger partial charge in [0.05, 0.1) is 18.3 Å². The zero-order valence-corrected chi connectivity index (χ0v) is 11.2. The molecule has 0 aliphatic heterocycles. The zero-order valence-electron chi connectivity index (χ0n) is 11.2. The van der Waals surface area contributed by atoms with Gasteiger partial charge in [0.1, 0.15) is 5.76 Å². The topological polar surface area (TPSA) is 39.4 Å². The molecule has 1 rings (SSSR count). The summed E-state index contributed by atoms with van der Waals surface area (Å²) in [5.41, 5.74) is 0.747. The van der Waals surface area contributed by atoms with Gasteiger partial charge in [-0.05, 0) is 52.2 Å². The molecule has 17 heavy (non-hydrogen) atoms. The van der Waals surface area contributed by atoms with Gasteiger partial charge in [0.25, 0.3) is 0 Å². The van der Waals surface area contributed by atoms with Crippen LogP contribution < -0.4 is 0 Å². The number of ether oxygens (including phenoxy) is 1. The summed E-state index contributed by atoms with van der Waals surface area (Å²) in [6, 6.07) is 2.04. The molecule has 0 aliphatic rings. The van der Waals surface area contributed by atoms with Crippen LogP contribution in [0.15, 0.2) is 16.7 Å². The molecule has 3 nitrogen and oxygen atoms in total. The van der Waals surface area contributed by atoms with Gasteiger partial charge in [-0.1, -0.05) is 0 Å². The molecule has 0 saturated carbocycles. The van der Waals surface area contributed by atoms with Crippen molar-refractivity contribution in [3.05, 3.63) is 23.7 Å². The Morgan fingerprint density at radius 3 is 2.59 bits per heavy atom. The van der Waals surface area contributed by atoms with Gasteiger partial charge in [0, 0.05) is 6.42 Å². The van der Waals surface area contributed by atoms with Crippen molar-refractivity contribution < 1.29 is 13.9 Å². The van der Waals surface area contributed by atoms with Crippen LogP contribution in [0.5, 0.6) is 0 Å². The summed E-state index contributed by atoms with van der Waals surface area (Å²) in [4.78, 5) is 11.5. The number of carbonyl (C=O) groups excluding carboxylic acids is 1. The first-order chi connectivity index (χ1) is 7.89. The highest BCUT2D eigenvalue weighted by molar-refractivity contribution is 5.75. The van der Waals surface area contributed by atoms with E-state index >= 15 is 0 Å². The Labute approximate surface area is 103 Å². The van der Waals surface area contributed by atoms with Crippen LogP contribution in [0.3, 0.4) is 0 Å². The van der Waals surface area contributed by atoms with Crippen molar-refractivity contribution in [3.8, 4) is 0 Å². The monoisotopic (exact) mass is 238 g/mol. The van der Waals surface area contributed by atoms with Crippen molar-refractivity contribution in [2.45, 2.75) is 47.0 Å². The van der Waals surface area contributed by atoms with E-state index in [-0.39, 0.29) is 5.97 Å². The summed E-state index contributed by atoms with van der Waals surface area (Å²) >= 11 is 0. The van der Waals surface area contributed by atoms with Crippen molar-refractivity contribution in [1.82, 2.24) is 0 Å². The minimum atomic E-state index is -0.405. The van der Waals surface area contributed by atoms with E-state index in [2.05, 4.69) is 0 Å². The lowest BCUT2D eigenvalue weighted by Gasteiger charge is -2.16. The number of furan rings is 1. The lowest BCUT2D eigenvalue weighted by molar-refractivity contribution is -0.153. The number of esters is 1. The van der Waals surface area contributed by atoms with E-state index in [4.69, 9.17) is 9.15 Å². The molecular weight excluding hydrogens is 216 g/mol. The Morgan fingerprint density at radius 1 is 1.35 bits per heavy atom. The van der Waals surface area contributed by atoms with Crippen LogP contribution in [0, 0.1) is 12.3 Å². The molecule has 0 radical (unpaired) electrons. The van der Waals surface area contributed by atoms with Gasteiger partial charge < -0.3 is 9.15 Å². The normalized spacial score (nSPS) is 11.5. The molecule has 1 heterocycles. The maximum Gasteiger partial charge on any atom is 0.311 e. The Bertz CT molecular complexity index is 358. The first-order valence-electron chi connectivity index (χ1n) is 6.11. The van der Waals surface area contributed by atoms with Gasteiger partial charge in [-0.15, -0.1) is 0 Å². The molecule has 0 spiro atoms. The van der Waals surface area contributed by atoms with E-state index in [0.717, 1.165) is 30.6 Å². The Morgan fingerprint density at radius 2 is 2.06 bits per heavy atom. The Balaban J connectivity index is 2.11. The van der Waals surface area contributed by atoms with Crippen molar-refractivity contribution >= 4 is 5.97 Å². The molecular formula is C14H22O3. The molecule has 0 aromatic carbocycles. The van der Waals surface area contributed by atoms with Crippen molar-refractivity contribution in [3.63, 3.8) is 0 Å². The van der Waals surface area contributed by atoms with E-state index in [0.29, 0.717) is 6.61 Å². The molecule has 1 aromatic heterocycles. The third-order valence-electron chi connectivity index (χ3n) is 2.45. The van der Waals surface area contributed by atoms with Crippen molar-refractivity contribution in [1.29, 1.82) is 0 Å². The number of unbranched alkanes of at least 4 members (excludes halogenated alkanes) is 1. The van der Waals surface area contributed by atoms with E-state index in [1.165, 1.54) is 0 Å². The molecule has 0 N–H and O–H groups in total. The SMILES string of the molecule is Cc1coc(CCCCOC(=O)C(C)(C)C)c1. The summed E-state index contributed by atoms with van der Waals surface area (Å²) in [6.45, 7) is 8.09. The quantitative estimate of drug-likeness (QED) is 0.582. The van der Waals surface area contributed by atoms with Gasteiger partial charge in [-0.2, -0.15) is 0 Å². The second-order valence-electron chi connectivity index (χ2n) is 5.43. The summed E-state index contributed by atoms with van der Waals surface area (Å²) < 4.78 is 10.5. The van der Waals surface area contributed by atoms with Gasteiger partial charge in [0.2, 0.25) is 0 Å². The fourth-order valence-corrected chi connectivity index (χ4v) is 1.40. The summed E-state index contributed by atoms with van der Waals surface area (Å²) in [5.74, 6) is 0.871. The molecule has 0 saturated heterocycles. The van der Waals surface area contributed by atoms with Crippen LogP contribution >= 0.6 is 0 Å². The maximum absolute atomic E-state index is 11.5. The largest absolute Gasteiger partial charge is 0.469 e. The first-order valence-corrected chi connectivity index (χ1v) is 6.11. The smallest absolute Gasteiger partial charge is 0.311 e. The molecule has 0 unspecified atom stereocenters. The summed E-state index contributed by atoms with van der Waals surface area (Å²) in [6.07, 6.45) is 4.52. The van der Waals surface area contributed by atoms with Crippen molar-refractivity contribution in [2.24, 2.45) is 5.41 Å². The molecule has 1 aromatic rings. The minimum Gasteiger partial charge on any atom is -0.469 e. The van der Waals surface area contributed by atoms with E-state index in [1.807, 2.05) is 33.8 Å². The van der Waals surface area contributed by atoms with Crippen LogP contribution in [0.4, 0.5) is 0 Å². The second kappa shape index (κ2) is 5.89. The highest BCUT2D eigenvalue weighted by Gasteiger charge is 2.22. The molecule has 0 aliphatic carbocycles. The average Bonchev–Trinajstić information content (AvgIpc) is 2.62. The third-order valence-corrected chi connectivity index (χ3v) is 2.45. The lowest BCUT2D eigenvalue weighted by atomic mass is 9.97. The predicted octanol–water partition coefficient (Wildman–Crippen LogP) is 3.50. The third kappa shape index (κ3) is 5.07. The molecule has 0 fully saturated rings. The predicted molar refractivity (Wildman–Crippen MR) is 66.8 cm³/mol. The van der Waals surface area contributed by atoms with Gasteiger partial charge in [-0.3, -0.25) is 4.79 Å². The van der Waals surface area contributed by atoms with Crippen LogP contribution in [-0.4, -0.2) is 12.6 Å². The Kier molecular flexibility index (Phi) is 4.79. The number of carbonyl (C=O) groups is 1. The molecule has 0 atom stereocenters. The van der Waals surface area contributed by atoms with Crippen molar-refractivity contribution in [2.75, 3.05) is 6.61 Å². The first kappa shape index (κ1) is 13.8. The molecule has 96 valence electrons. The summed E-state index contributed by atoms with van der Waals surface area (Å²) in [7, 11) is 0. The minimum absolute atomic E-state index is 0.133. The fraction of sp³-hybridized carbons (Fsp3) is 0.643. The van der Waals surface area contributed by atoms with Crippen LogP contribution in [0.1, 0.15) is 44.9 Å².